The number of nitrogens with zero attached hydrogens (tertiary/aromatic N) is 3. The molecule has 3 aromatic rings. The number of aliphatic carboxylic acids is 1. The molecule has 0 unspecified atom stereocenters. The number of carbonyl (C=O) groups is 1. The molecule has 1 N–H and O–H groups in total. The molecule has 2 aromatic heterocycles. The van der Waals surface area contributed by atoms with Gasteiger partial charge >= 0.3 is 5.97 Å². The Morgan fingerprint density at radius 3 is 2.76 bits per heavy atom. The van der Waals surface area contributed by atoms with Gasteiger partial charge in [0.1, 0.15) is 12.1 Å². The van der Waals surface area contributed by atoms with Gasteiger partial charge < -0.3 is 9.84 Å². The summed E-state index contributed by atoms with van der Waals surface area (Å²) >= 11 is 0. The maximum atomic E-state index is 10.6. The summed E-state index contributed by atoms with van der Waals surface area (Å²) in [5.41, 5.74) is 2.46. The van der Waals surface area contributed by atoms with E-state index in [0.717, 1.165) is 11.1 Å². The second kappa shape index (κ2) is 5.24. The van der Waals surface area contributed by atoms with E-state index in [1.54, 1.807) is 28.8 Å². The summed E-state index contributed by atoms with van der Waals surface area (Å²) in [7, 11) is 0. The number of aromatic nitrogens is 3. The maximum Gasteiger partial charge on any atom is 0.307 e. The molecule has 3 rings (SSSR count). The van der Waals surface area contributed by atoms with Crippen molar-refractivity contribution in [3.8, 4) is 11.6 Å². The van der Waals surface area contributed by atoms with Gasteiger partial charge in [-0.1, -0.05) is 12.1 Å². The van der Waals surface area contributed by atoms with Crippen LogP contribution in [0.1, 0.15) is 11.1 Å². The Bertz CT molecular complexity index is 794. The van der Waals surface area contributed by atoms with Gasteiger partial charge in [0.05, 0.1) is 6.42 Å². The highest BCUT2D eigenvalue weighted by molar-refractivity contribution is 5.70. The van der Waals surface area contributed by atoms with Crippen LogP contribution in [-0.2, 0) is 11.2 Å². The molecule has 0 bridgehead atoms. The average molecular weight is 283 g/mol. The molecule has 0 saturated heterocycles. The lowest BCUT2D eigenvalue weighted by Crippen LogP contribution is -2.00. The van der Waals surface area contributed by atoms with Crippen LogP contribution in [0, 0.1) is 6.92 Å². The molecule has 1 aromatic carbocycles. The average Bonchev–Trinajstić information content (AvgIpc) is 2.88. The van der Waals surface area contributed by atoms with Crippen LogP contribution in [0.4, 0.5) is 0 Å². The van der Waals surface area contributed by atoms with Gasteiger partial charge in [-0.2, -0.15) is 9.61 Å². The molecule has 6 heteroatoms. The van der Waals surface area contributed by atoms with Crippen LogP contribution >= 0.6 is 0 Å². The number of fused-ring (bicyclic) bond motifs is 1. The number of hydrogen-bond acceptors (Lipinski definition) is 4. The van der Waals surface area contributed by atoms with Gasteiger partial charge in [0.25, 0.3) is 0 Å². The molecule has 0 aliphatic heterocycles. The molecular formula is C15H13N3O3. The number of carboxylic acid groups (broad SMARTS) is 1. The van der Waals surface area contributed by atoms with E-state index in [0.29, 0.717) is 17.3 Å². The van der Waals surface area contributed by atoms with Crippen molar-refractivity contribution in [3.63, 3.8) is 0 Å². The summed E-state index contributed by atoms with van der Waals surface area (Å²) in [5, 5.41) is 12.9. The summed E-state index contributed by atoms with van der Waals surface area (Å²) in [6.45, 7) is 1.96. The van der Waals surface area contributed by atoms with E-state index < -0.39 is 5.97 Å². The monoisotopic (exact) mass is 283 g/mol. The van der Waals surface area contributed by atoms with Crippen molar-refractivity contribution in [3.05, 3.63) is 53.9 Å². The standard InChI is InChI=1S/C15H13N3O3/c1-10-6-13-16-9-17-18(13)14(7-10)21-12-4-2-11(3-5-12)8-15(19)20/h2-7,9H,8H2,1H3,(H,19,20). The Hall–Kier alpha value is -2.89. The van der Waals surface area contributed by atoms with Gasteiger partial charge in [-0.25, -0.2) is 4.98 Å². The van der Waals surface area contributed by atoms with Crippen molar-refractivity contribution in [2.45, 2.75) is 13.3 Å². The fraction of sp³-hybridized carbons (Fsp3) is 0.133. The molecule has 106 valence electrons. The van der Waals surface area contributed by atoms with E-state index in [1.807, 2.05) is 19.1 Å². The highest BCUT2D eigenvalue weighted by Crippen LogP contribution is 2.23. The van der Waals surface area contributed by atoms with Crippen LogP contribution < -0.4 is 4.74 Å². The Morgan fingerprint density at radius 1 is 1.29 bits per heavy atom. The number of hydrogen-bond donors (Lipinski definition) is 1. The Balaban J connectivity index is 1.88. The summed E-state index contributed by atoms with van der Waals surface area (Å²) in [6.07, 6.45) is 1.47. The van der Waals surface area contributed by atoms with E-state index in [9.17, 15) is 4.79 Å². The molecule has 0 amide bonds. The number of pyridine rings is 1. The molecule has 0 atom stereocenters. The Morgan fingerprint density at radius 2 is 2.05 bits per heavy atom. The van der Waals surface area contributed by atoms with Crippen molar-refractivity contribution in [2.75, 3.05) is 0 Å². The first-order chi connectivity index (χ1) is 10.1. The number of ether oxygens (including phenoxy) is 1. The zero-order valence-corrected chi connectivity index (χ0v) is 11.4. The topological polar surface area (TPSA) is 76.7 Å². The number of aryl methyl sites for hydroxylation is 1. The van der Waals surface area contributed by atoms with Crippen LogP contribution in [0.15, 0.2) is 42.7 Å². The number of carboxylic acids is 1. The van der Waals surface area contributed by atoms with E-state index in [-0.39, 0.29) is 6.42 Å². The third-order valence-corrected chi connectivity index (χ3v) is 2.99. The minimum atomic E-state index is -0.855. The molecule has 0 spiro atoms. The van der Waals surface area contributed by atoms with Crippen LogP contribution in [0.2, 0.25) is 0 Å². The van der Waals surface area contributed by atoms with Gasteiger partial charge in [-0.05, 0) is 36.2 Å². The SMILES string of the molecule is Cc1cc(Oc2ccc(CC(=O)O)cc2)n2ncnc2c1. The largest absolute Gasteiger partial charge is 0.481 e. The quantitative estimate of drug-likeness (QED) is 0.796. The summed E-state index contributed by atoms with van der Waals surface area (Å²) in [5.74, 6) is 0.326. The number of rotatable bonds is 4. The van der Waals surface area contributed by atoms with Gasteiger partial charge in [-0.15, -0.1) is 0 Å². The predicted octanol–water partition coefficient (Wildman–Crippen LogP) is 2.46. The number of benzene rings is 1. The van der Waals surface area contributed by atoms with Gasteiger partial charge in [-0.3, -0.25) is 4.79 Å². The van der Waals surface area contributed by atoms with E-state index in [1.165, 1.54) is 6.33 Å². The molecular weight excluding hydrogens is 270 g/mol. The maximum absolute atomic E-state index is 10.6. The molecule has 0 aliphatic rings. The Labute approximate surface area is 120 Å². The predicted molar refractivity (Wildman–Crippen MR) is 75.6 cm³/mol. The van der Waals surface area contributed by atoms with Crippen molar-refractivity contribution >= 4 is 11.6 Å². The summed E-state index contributed by atoms with van der Waals surface area (Å²) in [6, 6.07) is 10.7. The zero-order valence-electron chi connectivity index (χ0n) is 11.4. The molecule has 2 heterocycles. The minimum Gasteiger partial charge on any atom is -0.481 e. The second-order valence-corrected chi connectivity index (χ2v) is 4.72. The van der Waals surface area contributed by atoms with Crippen molar-refractivity contribution in [1.82, 2.24) is 14.6 Å². The lowest BCUT2D eigenvalue weighted by molar-refractivity contribution is -0.136. The highest BCUT2D eigenvalue weighted by atomic mass is 16.5. The van der Waals surface area contributed by atoms with Crippen LogP contribution in [0.3, 0.4) is 0 Å². The zero-order chi connectivity index (χ0) is 14.8. The lowest BCUT2D eigenvalue weighted by atomic mass is 10.1. The van der Waals surface area contributed by atoms with Gasteiger partial charge in [0.2, 0.25) is 5.88 Å². The lowest BCUT2D eigenvalue weighted by Gasteiger charge is -2.08. The second-order valence-electron chi connectivity index (χ2n) is 4.72. The van der Waals surface area contributed by atoms with Crippen LogP contribution in [0.25, 0.3) is 5.65 Å². The molecule has 0 radical (unpaired) electrons. The molecule has 0 aliphatic carbocycles. The molecule has 21 heavy (non-hydrogen) atoms. The summed E-state index contributed by atoms with van der Waals surface area (Å²) < 4.78 is 7.41. The molecule has 0 saturated carbocycles. The van der Waals surface area contributed by atoms with Crippen LogP contribution in [0.5, 0.6) is 11.6 Å². The summed E-state index contributed by atoms with van der Waals surface area (Å²) in [4.78, 5) is 14.8. The van der Waals surface area contributed by atoms with E-state index >= 15 is 0 Å². The van der Waals surface area contributed by atoms with Crippen molar-refractivity contribution < 1.29 is 14.6 Å². The smallest absolute Gasteiger partial charge is 0.307 e. The van der Waals surface area contributed by atoms with E-state index in [4.69, 9.17) is 9.84 Å². The van der Waals surface area contributed by atoms with Crippen molar-refractivity contribution in [1.29, 1.82) is 0 Å². The first kappa shape index (κ1) is 13.1. The minimum absolute atomic E-state index is 0.00194. The third-order valence-electron chi connectivity index (χ3n) is 2.99. The fourth-order valence-electron chi connectivity index (χ4n) is 2.06. The third kappa shape index (κ3) is 2.84. The molecule has 0 fully saturated rings. The fourth-order valence-corrected chi connectivity index (χ4v) is 2.06. The Kier molecular flexibility index (Phi) is 3.27. The highest BCUT2D eigenvalue weighted by Gasteiger charge is 2.07. The first-order valence-electron chi connectivity index (χ1n) is 6.41. The van der Waals surface area contributed by atoms with Crippen molar-refractivity contribution in [2.24, 2.45) is 0 Å². The normalized spacial score (nSPS) is 10.7. The van der Waals surface area contributed by atoms with Gasteiger partial charge in [0.15, 0.2) is 5.65 Å². The van der Waals surface area contributed by atoms with E-state index in [2.05, 4.69) is 10.1 Å². The van der Waals surface area contributed by atoms with Crippen LogP contribution in [-0.4, -0.2) is 25.7 Å². The van der Waals surface area contributed by atoms with Gasteiger partial charge in [0, 0.05) is 6.07 Å². The first-order valence-corrected chi connectivity index (χ1v) is 6.41. The molecule has 6 nitrogen and oxygen atoms in total.